The summed E-state index contributed by atoms with van der Waals surface area (Å²) in [5.74, 6) is 0. The summed E-state index contributed by atoms with van der Waals surface area (Å²) < 4.78 is 32.5. The summed E-state index contributed by atoms with van der Waals surface area (Å²) in [6.45, 7) is 3.62. The van der Waals surface area contributed by atoms with Crippen LogP contribution in [0.4, 0.5) is 5.13 Å². The minimum absolute atomic E-state index is 0.266. The molecule has 0 unspecified atom stereocenters. The number of nitrogens with one attached hydrogen (secondary N) is 1. The van der Waals surface area contributed by atoms with E-state index < -0.39 is 10.0 Å². The molecule has 0 aliphatic carbocycles. The highest BCUT2D eigenvalue weighted by atomic mass is 32.2. The SMILES string of the molecule is Cc1ccc(C=NNc2nc(-c3cccc(S(=O)(=O)N4CCOCC4)c3)cs2)cc1. The van der Waals surface area contributed by atoms with E-state index >= 15 is 0 Å². The van der Waals surface area contributed by atoms with Crippen LogP contribution in [0.3, 0.4) is 0 Å². The van der Waals surface area contributed by atoms with E-state index in [1.165, 1.54) is 21.2 Å². The number of benzene rings is 2. The molecule has 2 aromatic carbocycles. The van der Waals surface area contributed by atoms with Gasteiger partial charge in [0.05, 0.1) is 30.0 Å². The largest absolute Gasteiger partial charge is 0.379 e. The van der Waals surface area contributed by atoms with Crippen molar-refractivity contribution < 1.29 is 13.2 Å². The zero-order chi connectivity index (χ0) is 21.0. The maximum Gasteiger partial charge on any atom is 0.243 e. The van der Waals surface area contributed by atoms with Crippen molar-refractivity contribution in [3.63, 3.8) is 0 Å². The molecule has 0 saturated carbocycles. The molecule has 1 aromatic heterocycles. The van der Waals surface area contributed by atoms with Crippen molar-refractivity contribution >= 4 is 32.7 Å². The van der Waals surface area contributed by atoms with E-state index in [1.54, 1.807) is 24.4 Å². The van der Waals surface area contributed by atoms with Crippen molar-refractivity contribution in [3.05, 3.63) is 65.0 Å². The van der Waals surface area contributed by atoms with Crippen molar-refractivity contribution in [2.75, 3.05) is 31.7 Å². The van der Waals surface area contributed by atoms with Crippen LogP contribution in [-0.2, 0) is 14.8 Å². The van der Waals surface area contributed by atoms with Crippen LogP contribution in [0, 0.1) is 6.92 Å². The summed E-state index contributed by atoms with van der Waals surface area (Å²) in [6.07, 6.45) is 1.73. The van der Waals surface area contributed by atoms with Gasteiger partial charge in [-0.15, -0.1) is 11.3 Å². The number of thiazole rings is 1. The average Bonchev–Trinajstić information content (AvgIpc) is 3.25. The standard InChI is InChI=1S/C21H22N4O3S2/c1-16-5-7-17(8-6-16)14-22-24-21-23-20(15-29-21)18-3-2-4-19(13-18)30(26,27)25-9-11-28-12-10-25/h2-8,13-15H,9-12H2,1H3,(H,23,24). The summed E-state index contributed by atoms with van der Waals surface area (Å²) in [5.41, 5.74) is 6.57. The zero-order valence-corrected chi connectivity index (χ0v) is 18.1. The molecule has 0 spiro atoms. The van der Waals surface area contributed by atoms with Gasteiger partial charge in [0, 0.05) is 24.0 Å². The number of aryl methyl sites for hydroxylation is 1. The third-order valence-corrected chi connectivity index (χ3v) is 7.33. The van der Waals surface area contributed by atoms with E-state index in [4.69, 9.17) is 4.74 Å². The topological polar surface area (TPSA) is 83.9 Å². The second-order valence-corrected chi connectivity index (χ2v) is 9.66. The van der Waals surface area contributed by atoms with Gasteiger partial charge in [-0.05, 0) is 24.6 Å². The fraction of sp³-hybridized carbons (Fsp3) is 0.238. The first kappa shape index (κ1) is 20.7. The molecule has 4 rings (SSSR count). The van der Waals surface area contributed by atoms with Gasteiger partial charge in [0.25, 0.3) is 0 Å². The quantitative estimate of drug-likeness (QED) is 0.466. The summed E-state index contributed by atoms with van der Waals surface area (Å²) in [7, 11) is -3.54. The van der Waals surface area contributed by atoms with Crippen molar-refractivity contribution in [3.8, 4) is 11.3 Å². The predicted molar refractivity (Wildman–Crippen MR) is 120 cm³/mol. The fourth-order valence-corrected chi connectivity index (χ4v) is 5.15. The smallest absolute Gasteiger partial charge is 0.243 e. The molecule has 1 aliphatic rings. The fourth-order valence-electron chi connectivity index (χ4n) is 3.02. The van der Waals surface area contributed by atoms with Crippen molar-refractivity contribution in [2.24, 2.45) is 5.10 Å². The zero-order valence-electron chi connectivity index (χ0n) is 16.5. The molecular formula is C21H22N4O3S2. The molecule has 0 atom stereocenters. The molecule has 1 N–H and O–H groups in total. The summed E-state index contributed by atoms with van der Waals surface area (Å²) in [5, 5.41) is 6.74. The highest BCUT2D eigenvalue weighted by Gasteiger charge is 2.26. The Morgan fingerprint density at radius 3 is 2.70 bits per heavy atom. The van der Waals surface area contributed by atoms with Crippen LogP contribution in [0.5, 0.6) is 0 Å². The number of ether oxygens (including phenoxy) is 1. The summed E-state index contributed by atoms with van der Waals surface area (Å²) in [4.78, 5) is 4.79. The van der Waals surface area contributed by atoms with Gasteiger partial charge in [-0.1, -0.05) is 42.0 Å². The number of nitrogens with zero attached hydrogens (tertiary/aromatic N) is 3. The van der Waals surface area contributed by atoms with Gasteiger partial charge in [-0.3, -0.25) is 5.43 Å². The van der Waals surface area contributed by atoms with E-state index in [0.29, 0.717) is 37.1 Å². The Morgan fingerprint density at radius 2 is 1.93 bits per heavy atom. The van der Waals surface area contributed by atoms with Crippen LogP contribution in [0.1, 0.15) is 11.1 Å². The van der Waals surface area contributed by atoms with Gasteiger partial charge >= 0.3 is 0 Å². The van der Waals surface area contributed by atoms with Crippen LogP contribution in [0.25, 0.3) is 11.3 Å². The molecule has 3 aromatic rings. The molecule has 2 heterocycles. The normalized spacial score (nSPS) is 15.5. The Labute approximate surface area is 180 Å². The van der Waals surface area contributed by atoms with Crippen LogP contribution in [0.15, 0.2) is 63.9 Å². The van der Waals surface area contributed by atoms with Gasteiger partial charge in [0.1, 0.15) is 0 Å². The lowest BCUT2D eigenvalue weighted by Gasteiger charge is -2.26. The van der Waals surface area contributed by atoms with Crippen LogP contribution < -0.4 is 5.43 Å². The van der Waals surface area contributed by atoms with Crippen LogP contribution in [0.2, 0.25) is 0 Å². The third kappa shape index (κ3) is 4.76. The molecule has 30 heavy (non-hydrogen) atoms. The summed E-state index contributed by atoms with van der Waals surface area (Å²) in [6, 6.07) is 14.9. The first-order valence-electron chi connectivity index (χ1n) is 9.52. The Bertz CT molecular complexity index is 1140. The highest BCUT2D eigenvalue weighted by Crippen LogP contribution is 2.28. The Balaban J connectivity index is 1.48. The lowest BCUT2D eigenvalue weighted by molar-refractivity contribution is 0.0730. The second kappa shape index (κ2) is 9.05. The molecule has 0 bridgehead atoms. The highest BCUT2D eigenvalue weighted by molar-refractivity contribution is 7.89. The van der Waals surface area contributed by atoms with Crippen molar-refractivity contribution in [1.82, 2.24) is 9.29 Å². The molecule has 9 heteroatoms. The van der Waals surface area contributed by atoms with Gasteiger partial charge < -0.3 is 4.74 Å². The lowest BCUT2D eigenvalue weighted by atomic mass is 10.2. The maximum atomic E-state index is 12.9. The van der Waals surface area contributed by atoms with E-state index in [1.807, 2.05) is 42.6 Å². The molecule has 156 valence electrons. The molecule has 1 aliphatic heterocycles. The number of hydrogen-bond donors (Lipinski definition) is 1. The molecular weight excluding hydrogens is 420 g/mol. The lowest BCUT2D eigenvalue weighted by Crippen LogP contribution is -2.40. The minimum atomic E-state index is -3.54. The van der Waals surface area contributed by atoms with Crippen LogP contribution in [-0.4, -0.2) is 50.2 Å². The first-order valence-corrected chi connectivity index (χ1v) is 11.8. The number of aromatic nitrogens is 1. The monoisotopic (exact) mass is 442 g/mol. The number of hydrogen-bond acceptors (Lipinski definition) is 7. The number of hydrazone groups is 1. The van der Waals surface area contributed by atoms with E-state index in [2.05, 4.69) is 15.5 Å². The first-order chi connectivity index (χ1) is 14.5. The van der Waals surface area contributed by atoms with E-state index in [9.17, 15) is 8.42 Å². The Morgan fingerprint density at radius 1 is 1.17 bits per heavy atom. The van der Waals surface area contributed by atoms with E-state index in [0.717, 1.165) is 11.1 Å². The van der Waals surface area contributed by atoms with E-state index in [-0.39, 0.29) is 4.90 Å². The van der Waals surface area contributed by atoms with Crippen molar-refractivity contribution in [1.29, 1.82) is 0 Å². The average molecular weight is 443 g/mol. The van der Waals surface area contributed by atoms with Crippen LogP contribution >= 0.6 is 11.3 Å². The minimum Gasteiger partial charge on any atom is -0.379 e. The second-order valence-electron chi connectivity index (χ2n) is 6.86. The number of morpholine rings is 1. The Hall–Kier alpha value is -2.59. The molecule has 1 saturated heterocycles. The van der Waals surface area contributed by atoms with Gasteiger partial charge in [-0.2, -0.15) is 9.41 Å². The number of rotatable bonds is 6. The van der Waals surface area contributed by atoms with Gasteiger partial charge in [-0.25, -0.2) is 13.4 Å². The summed E-state index contributed by atoms with van der Waals surface area (Å²) >= 11 is 1.41. The van der Waals surface area contributed by atoms with Gasteiger partial charge in [0.2, 0.25) is 15.2 Å². The van der Waals surface area contributed by atoms with Gasteiger partial charge in [0.15, 0.2) is 0 Å². The van der Waals surface area contributed by atoms with Crippen molar-refractivity contribution in [2.45, 2.75) is 11.8 Å². The predicted octanol–water partition coefficient (Wildman–Crippen LogP) is 3.59. The third-order valence-electron chi connectivity index (χ3n) is 4.69. The molecule has 7 nitrogen and oxygen atoms in total. The Kier molecular flexibility index (Phi) is 6.24. The number of anilines is 1. The molecule has 0 radical (unpaired) electrons. The number of sulfonamides is 1. The molecule has 0 amide bonds. The maximum absolute atomic E-state index is 12.9. The molecule has 1 fully saturated rings.